The van der Waals surface area contributed by atoms with E-state index in [-0.39, 0.29) is 11.0 Å². The molecule has 0 amide bonds. The monoisotopic (exact) mass is 624 g/mol. The van der Waals surface area contributed by atoms with E-state index in [1.807, 2.05) is 41.5 Å². The summed E-state index contributed by atoms with van der Waals surface area (Å²) < 4.78 is 24.1. The highest BCUT2D eigenvalue weighted by Gasteiger charge is 2.23. The third kappa shape index (κ3) is 201. The molecule has 0 aromatic heterocycles. The fraction of sp³-hybridized carbons (Fsp3) is 0.967. The average Bonchev–Trinajstić information content (AvgIpc) is 2.43. The molecule has 8 nitrogen and oxygen atoms in total. The van der Waals surface area contributed by atoms with Crippen molar-refractivity contribution in [2.75, 3.05) is 13.7 Å². The molecule has 0 spiro atoms. The van der Waals surface area contributed by atoms with Crippen LogP contribution in [0.25, 0.3) is 0 Å². The second-order valence-corrected chi connectivity index (χ2v) is 20.3. The Kier molecular flexibility index (Phi) is 27.8. The predicted molar refractivity (Wildman–Crippen MR) is 179 cm³/mol. The summed E-state index contributed by atoms with van der Waals surface area (Å²) in [4.78, 5) is 33.9. The van der Waals surface area contributed by atoms with Crippen LogP contribution in [0.4, 0.5) is 0 Å². The zero-order valence-corrected chi connectivity index (χ0v) is 32.5. The van der Waals surface area contributed by atoms with E-state index in [1.165, 1.54) is 0 Å². The molecule has 0 aliphatic rings. The fourth-order valence-electron chi connectivity index (χ4n) is 0.654. The average molecular weight is 625 g/mol. The molecule has 40 heavy (non-hydrogen) atoms. The first kappa shape index (κ1) is 52.9. The first-order valence-electron chi connectivity index (χ1n) is 13.6. The molecule has 0 rings (SSSR count). The number of phosphoric acid groups is 1. The third-order valence-electron chi connectivity index (χ3n) is 1.71. The molecule has 0 radical (unpaired) electrons. The van der Waals surface area contributed by atoms with Gasteiger partial charge in [0, 0.05) is 7.11 Å². The number of ether oxygens (including phenoxy) is 1. The molecule has 0 fully saturated rings. The van der Waals surface area contributed by atoms with Crippen LogP contribution in [0.15, 0.2) is 0 Å². The van der Waals surface area contributed by atoms with Gasteiger partial charge in [-0.3, -0.25) is 4.52 Å². The summed E-state index contributed by atoms with van der Waals surface area (Å²) in [6.45, 7) is 43.2. The zero-order chi connectivity index (χ0) is 34.8. The van der Waals surface area contributed by atoms with Gasteiger partial charge in [0.25, 0.3) is 0 Å². The second-order valence-electron chi connectivity index (χ2n) is 17.5. The molecule has 0 saturated heterocycles. The normalized spacial score (nSPS) is 12.8. The molecular weight excluding hydrogens is 550 g/mol. The van der Waals surface area contributed by atoms with E-state index in [1.54, 1.807) is 27.9 Å². The van der Waals surface area contributed by atoms with Crippen molar-refractivity contribution in [1.82, 2.24) is 0 Å². The van der Waals surface area contributed by atoms with Crippen LogP contribution in [-0.2, 0) is 18.3 Å². The van der Waals surface area contributed by atoms with Crippen LogP contribution >= 0.6 is 15.4 Å². The molecular formula is C30H74O8P2. The minimum absolute atomic E-state index is 0.0417. The number of rotatable bonds is 3. The standard InChI is InChI=1S/C6H15O3P.C5H12O.3C5H12.C4H11O4P/c1-6(2,3)5-9-10(4,7)8;1-5(2,3)6-4;3*1-5(2,3)4;1-4(2,3)8-9(5,6)7/h7-8H,4-5H2,1-3H3;1-4H3;3*1-4H3;1-3H3,(H2,5,6,7). The van der Waals surface area contributed by atoms with Gasteiger partial charge in [-0.1, -0.05) is 104 Å². The Bertz CT molecular complexity index is 621. The van der Waals surface area contributed by atoms with Crippen molar-refractivity contribution < 1.29 is 37.9 Å². The first-order chi connectivity index (χ1) is 16.5. The van der Waals surface area contributed by atoms with Gasteiger partial charge in [0.05, 0.1) is 17.8 Å². The number of hydrogen-bond acceptors (Lipinski definition) is 6. The zero-order valence-electron chi connectivity index (χ0n) is 30.7. The van der Waals surface area contributed by atoms with Gasteiger partial charge in [-0.05, 0) is 69.5 Å². The molecule has 0 heterocycles. The van der Waals surface area contributed by atoms with E-state index < -0.39 is 21.0 Å². The minimum Gasteiger partial charge on any atom is -0.379 e. The summed E-state index contributed by atoms with van der Waals surface area (Å²) in [5.74, 6) is 0. The second kappa shape index (κ2) is 21.0. The summed E-state index contributed by atoms with van der Waals surface area (Å²) >= 11 is 0. The van der Waals surface area contributed by atoms with Gasteiger partial charge in [-0.25, -0.2) is 4.57 Å². The van der Waals surface area contributed by atoms with E-state index in [0.29, 0.717) is 22.9 Å². The van der Waals surface area contributed by atoms with Gasteiger partial charge in [0.2, 0.25) is 7.57 Å². The molecule has 4 N–H and O–H groups in total. The van der Waals surface area contributed by atoms with Crippen LogP contribution in [0.2, 0.25) is 0 Å². The van der Waals surface area contributed by atoms with Crippen molar-refractivity contribution in [3.63, 3.8) is 0 Å². The number of phosphoric ester groups is 1. The van der Waals surface area contributed by atoms with E-state index in [4.69, 9.17) is 28.8 Å². The van der Waals surface area contributed by atoms with Crippen molar-refractivity contribution in [1.29, 1.82) is 0 Å². The Labute approximate surface area is 251 Å². The molecule has 10 heteroatoms. The Balaban J connectivity index is -0.0000000891. The summed E-state index contributed by atoms with van der Waals surface area (Å²) in [5, 5.41) is 0. The lowest BCUT2D eigenvalue weighted by atomic mass is 9.99. The van der Waals surface area contributed by atoms with Crippen molar-refractivity contribution in [3.05, 3.63) is 0 Å². The largest absolute Gasteiger partial charge is 0.470 e. The van der Waals surface area contributed by atoms with Crippen LogP contribution in [0.1, 0.15) is 145 Å². The molecule has 0 aliphatic carbocycles. The summed E-state index contributed by atoms with van der Waals surface area (Å²) in [6, 6.07) is 0. The topological polar surface area (TPSA) is 126 Å². The maximum Gasteiger partial charge on any atom is 0.470 e. The van der Waals surface area contributed by atoms with Gasteiger partial charge in [0.15, 0.2) is 0 Å². The van der Waals surface area contributed by atoms with Gasteiger partial charge >= 0.3 is 7.82 Å². The highest BCUT2D eigenvalue weighted by atomic mass is 31.2. The van der Waals surface area contributed by atoms with E-state index in [2.05, 4.69) is 93.9 Å². The lowest BCUT2D eigenvalue weighted by molar-refractivity contribution is 0.0397. The van der Waals surface area contributed by atoms with Crippen LogP contribution in [0.3, 0.4) is 0 Å². The Morgan fingerprint density at radius 1 is 0.550 bits per heavy atom. The lowest BCUT2D eigenvalue weighted by Gasteiger charge is -2.20. The highest BCUT2D eigenvalue weighted by Crippen LogP contribution is 2.40. The lowest BCUT2D eigenvalue weighted by Crippen LogP contribution is -2.16. The van der Waals surface area contributed by atoms with Crippen LogP contribution < -0.4 is 0 Å². The Morgan fingerprint density at radius 2 is 0.750 bits per heavy atom. The molecule has 0 saturated carbocycles. The molecule has 252 valence electrons. The van der Waals surface area contributed by atoms with E-state index in [9.17, 15) is 4.57 Å². The van der Waals surface area contributed by atoms with Crippen molar-refractivity contribution >= 4 is 21.7 Å². The van der Waals surface area contributed by atoms with Gasteiger partial charge < -0.3 is 28.8 Å². The van der Waals surface area contributed by atoms with Crippen LogP contribution in [0.5, 0.6) is 0 Å². The number of hydrogen-bond donors (Lipinski definition) is 4. The molecule has 0 aromatic rings. The third-order valence-corrected chi connectivity index (χ3v) is 3.04. The van der Waals surface area contributed by atoms with Gasteiger partial charge in [0.1, 0.15) is 0 Å². The summed E-state index contributed by atoms with van der Waals surface area (Å²) in [6.07, 6.45) is 3.07. The fourth-order valence-corrected chi connectivity index (χ4v) is 1.96. The van der Waals surface area contributed by atoms with E-state index in [0.717, 1.165) is 0 Å². The summed E-state index contributed by atoms with van der Waals surface area (Å²) in [5.41, 5.74) is 0.716. The molecule has 0 aliphatic heterocycles. The van der Waals surface area contributed by atoms with Crippen molar-refractivity contribution in [3.8, 4) is 0 Å². The van der Waals surface area contributed by atoms with Crippen molar-refractivity contribution in [2.24, 2.45) is 21.7 Å². The maximum atomic E-state index is 10.1. The molecule has 0 aromatic carbocycles. The smallest absolute Gasteiger partial charge is 0.379 e. The van der Waals surface area contributed by atoms with Gasteiger partial charge in [-0.15, -0.1) is 0 Å². The molecule has 0 atom stereocenters. The van der Waals surface area contributed by atoms with E-state index >= 15 is 0 Å². The quantitative estimate of drug-likeness (QED) is 0.229. The number of methoxy groups -OCH3 is 1. The van der Waals surface area contributed by atoms with Crippen LogP contribution in [-0.4, -0.2) is 50.8 Å². The Hall–Kier alpha value is 0.250. The Morgan fingerprint density at radius 3 is 0.775 bits per heavy atom. The summed E-state index contributed by atoms with van der Waals surface area (Å²) in [7, 11) is -5.84. The minimum atomic E-state index is -4.29. The predicted octanol–water partition coefficient (Wildman–Crippen LogP) is 9.71. The van der Waals surface area contributed by atoms with Crippen molar-refractivity contribution in [2.45, 2.75) is 157 Å². The molecule has 0 unspecified atom stereocenters. The SMILES string of the molecule is C=P(O)(O)OCC(C)(C)C.CC(C)(C)C.CC(C)(C)C.CC(C)(C)C.CC(C)(C)OP(=O)(O)O.COC(C)(C)C. The first-order valence-corrected chi connectivity index (χ1v) is 17.0. The molecule has 0 bridgehead atoms. The highest BCUT2D eigenvalue weighted by molar-refractivity contribution is 7.57. The van der Waals surface area contributed by atoms with Crippen LogP contribution in [0, 0.1) is 21.7 Å². The maximum absolute atomic E-state index is 10.1. The van der Waals surface area contributed by atoms with Gasteiger partial charge in [-0.2, -0.15) is 0 Å².